The molecule has 3 aromatic rings. The second-order valence-corrected chi connectivity index (χ2v) is 7.84. The molecule has 2 aromatic heterocycles. The quantitative estimate of drug-likeness (QED) is 0.608. The average molecular weight is 414 g/mol. The van der Waals surface area contributed by atoms with E-state index < -0.39 is 0 Å². The van der Waals surface area contributed by atoms with Crippen molar-refractivity contribution in [3.63, 3.8) is 0 Å². The third-order valence-corrected chi connectivity index (χ3v) is 5.79. The summed E-state index contributed by atoms with van der Waals surface area (Å²) in [5.41, 5.74) is 1.88. The molecule has 1 aliphatic heterocycles. The number of amides is 2. The van der Waals surface area contributed by atoms with Crippen molar-refractivity contribution in [2.75, 3.05) is 11.4 Å². The molecule has 2 amide bonds. The first kappa shape index (κ1) is 18.6. The van der Waals surface area contributed by atoms with Gasteiger partial charge in [-0.15, -0.1) is 11.3 Å². The number of aromatic nitrogens is 3. The van der Waals surface area contributed by atoms with E-state index in [-0.39, 0.29) is 18.4 Å². The van der Waals surface area contributed by atoms with Gasteiger partial charge in [0, 0.05) is 25.2 Å². The van der Waals surface area contributed by atoms with Crippen molar-refractivity contribution in [3.05, 3.63) is 52.1 Å². The van der Waals surface area contributed by atoms with Crippen LogP contribution in [0.25, 0.3) is 10.7 Å². The summed E-state index contributed by atoms with van der Waals surface area (Å²) in [5.74, 6) is 0.684. The molecule has 1 aromatic carbocycles. The Morgan fingerprint density at radius 1 is 1.29 bits per heavy atom. The van der Waals surface area contributed by atoms with Crippen LogP contribution in [0.5, 0.6) is 0 Å². The Balaban J connectivity index is 1.37. The van der Waals surface area contributed by atoms with Gasteiger partial charge in [0.2, 0.25) is 11.8 Å². The standard InChI is InChI=1S/C19H19N5O2S2/c25-16(12-24-18(21-22-19(24)27)15-3-2-10-28-15)20-11-13-5-7-14(8-6-13)23-9-1-4-17(23)26/h2-3,5-8,10H,1,4,9,11-12H2,(H,20,25)(H,22,27). The normalized spacial score (nSPS) is 13.9. The van der Waals surface area contributed by atoms with Crippen LogP contribution in [-0.4, -0.2) is 33.1 Å². The highest BCUT2D eigenvalue weighted by Gasteiger charge is 2.21. The Hall–Kier alpha value is -2.78. The summed E-state index contributed by atoms with van der Waals surface area (Å²) < 4.78 is 2.11. The maximum Gasteiger partial charge on any atom is 0.240 e. The highest BCUT2D eigenvalue weighted by Crippen LogP contribution is 2.23. The molecule has 0 unspecified atom stereocenters. The Bertz CT molecular complexity index is 1040. The Kier molecular flexibility index (Phi) is 5.36. The summed E-state index contributed by atoms with van der Waals surface area (Å²) in [6.07, 6.45) is 1.52. The molecule has 0 radical (unpaired) electrons. The summed E-state index contributed by atoms with van der Waals surface area (Å²) in [4.78, 5) is 27.0. The zero-order chi connectivity index (χ0) is 19.5. The van der Waals surface area contributed by atoms with Crippen LogP contribution in [0.2, 0.25) is 0 Å². The van der Waals surface area contributed by atoms with Crippen molar-refractivity contribution < 1.29 is 9.59 Å². The Morgan fingerprint density at radius 3 is 2.79 bits per heavy atom. The zero-order valence-corrected chi connectivity index (χ0v) is 16.7. The first-order valence-electron chi connectivity index (χ1n) is 8.97. The second kappa shape index (κ2) is 8.07. The number of H-pyrrole nitrogens is 1. The molecule has 4 rings (SSSR count). The van der Waals surface area contributed by atoms with Crippen molar-refractivity contribution in [2.45, 2.75) is 25.9 Å². The van der Waals surface area contributed by atoms with E-state index in [2.05, 4.69) is 15.5 Å². The summed E-state index contributed by atoms with van der Waals surface area (Å²) in [6.45, 7) is 1.28. The number of rotatable bonds is 6. The SMILES string of the molecule is O=C(Cn1c(-c2cccs2)n[nH]c1=S)NCc1ccc(N2CCCC2=O)cc1. The molecule has 0 bridgehead atoms. The summed E-state index contributed by atoms with van der Waals surface area (Å²) >= 11 is 6.80. The number of hydrogen-bond acceptors (Lipinski definition) is 5. The lowest BCUT2D eigenvalue weighted by molar-refractivity contribution is -0.121. The van der Waals surface area contributed by atoms with Gasteiger partial charge in [0.25, 0.3) is 0 Å². The lowest BCUT2D eigenvalue weighted by atomic mass is 10.2. The van der Waals surface area contributed by atoms with Gasteiger partial charge in [0.1, 0.15) is 6.54 Å². The van der Waals surface area contributed by atoms with Crippen molar-refractivity contribution in [3.8, 4) is 10.7 Å². The van der Waals surface area contributed by atoms with Crippen LogP contribution in [0.4, 0.5) is 5.69 Å². The summed E-state index contributed by atoms with van der Waals surface area (Å²) in [6, 6.07) is 11.6. The Morgan fingerprint density at radius 2 is 2.11 bits per heavy atom. The van der Waals surface area contributed by atoms with Crippen LogP contribution in [0, 0.1) is 4.77 Å². The lowest BCUT2D eigenvalue weighted by Crippen LogP contribution is -2.27. The second-order valence-electron chi connectivity index (χ2n) is 6.51. The summed E-state index contributed by atoms with van der Waals surface area (Å²) in [7, 11) is 0. The van der Waals surface area contributed by atoms with E-state index in [1.807, 2.05) is 41.8 Å². The molecule has 2 N–H and O–H groups in total. The predicted molar refractivity (Wildman–Crippen MR) is 111 cm³/mol. The highest BCUT2D eigenvalue weighted by molar-refractivity contribution is 7.71. The van der Waals surface area contributed by atoms with Gasteiger partial charge < -0.3 is 10.2 Å². The van der Waals surface area contributed by atoms with E-state index >= 15 is 0 Å². The third kappa shape index (κ3) is 3.90. The fraction of sp³-hybridized carbons (Fsp3) is 0.263. The van der Waals surface area contributed by atoms with E-state index in [0.29, 0.717) is 23.6 Å². The maximum absolute atomic E-state index is 12.4. The van der Waals surface area contributed by atoms with Crippen LogP contribution in [0.3, 0.4) is 0 Å². The molecule has 144 valence electrons. The number of benzene rings is 1. The summed E-state index contributed by atoms with van der Waals surface area (Å²) in [5, 5.41) is 11.8. The lowest BCUT2D eigenvalue weighted by Gasteiger charge is -2.16. The number of carbonyl (C=O) groups excluding carboxylic acids is 2. The number of thiophene rings is 1. The minimum absolute atomic E-state index is 0.100. The number of carbonyl (C=O) groups is 2. The monoisotopic (exact) mass is 413 g/mol. The van der Waals surface area contributed by atoms with E-state index in [0.717, 1.165) is 29.1 Å². The number of nitrogens with one attached hydrogen (secondary N) is 2. The maximum atomic E-state index is 12.4. The number of anilines is 1. The topological polar surface area (TPSA) is 83.0 Å². The molecule has 0 saturated carbocycles. The van der Waals surface area contributed by atoms with Gasteiger partial charge in [-0.05, 0) is 47.8 Å². The number of aromatic amines is 1. The smallest absolute Gasteiger partial charge is 0.240 e. The van der Waals surface area contributed by atoms with Crippen molar-refractivity contribution in [2.24, 2.45) is 0 Å². The largest absolute Gasteiger partial charge is 0.350 e. The molecular formula is C19H19N5O2S2. The molecule has 1 aliphatic rings. The van der Waals surface area contributed by atoms with Gasteiger partial charge in [-0.3, -0.25) is 19.3 Å². The van der Waals surface area contributed by atoms with Crippen LogP contribution >= 0.6 is 23.6 Å². The average Bonchev–Trinajstić information content (AvgIpc) is 3.43. The zero-order valence-electron chi connectivity index (χ0n) is 15.1. The molecular weight excluding hydrogens is 394 g/mol. The van der Waals surface area contributed by atoms with Crippen LogP contribution < -0.4 is 10.2 Å². The molecule has 1 saturated heterocycles. The molecule has 0 atom stereocenters. The predicted octanol–water partition coefficient (Wildman–Crippen LogP) is 3.11. The van der Waals surface area contributed by atoms with Gasteiger partial charge in [-0.25, -0.2) is 0 Å². The van der Waals surface area contributed by atoms with Crippen LogP contribution in [0.15, 0.2) is 41.8 Å². The van der Waals surface area contributed by atoms with E-state index in [4.69, 9.17) is 12.2 Å². The van der Waals surface area contributed by atoms with Gasteiger partial charge in [0.15, 0.2) is 10.6 Å². The van der Waals surface area contributed by atoms with Gasteiger partial charge in [0.05, 0.1) is 4.88 Å². The minimum atomic E-state index is -0.144. The van der Waals surface area contributed by atoms with Crippen molar-refractivity contribution in [1.29, 1.82) is 0 Å². The van der Waals surface area contributed by atoms with Crippen molar-refractivity contribution in [1.82, 2.24) is 20.1 Å². The molecule has 1 fully saturated rings. The van der Waals surface area contributed by atoms with Gasteiger partial charge in [-0.2, -0.15) is 5.10 Å². The number of hydrogen-bond donors (Lipinski definition) is 2. The van der Waals surface area contributed by atoms with E-state index in [1.165, 1.54) is 0 Å². The Labute approximate surface area is 171 Å². The third-order valence-electron chi connectivity index (χ3n) is 4.61. The molecule has 3 heterocycles. The first-order chi connectivity index (χ1) is 13.6. The van der Waals surface area contributed by atoms with Crippen LogP contribution in [-0.2, 0) is 22.7 Å². The van der Waals surface area contributed by atoms with Gasteiger partial charge in [-0.1, -0.05) is 18.2 Å². The molecule has 7 nitrogen and oxygen atoms in total. The van der Waals surface area contributed by atoms with E-state index in [1.54, 1.807) is 20.8 Å². The molecule has 9 heteroatoms. The molecule has 0 aliphatic carbocycles. The first-order valence-corrected chi connectivity index (χ1v) is 10.3. The molecule has 28 heavy (non-hydrogen) atoms. The fourth-order valence-electron chi connectivity index (χ4n) is 3.17. The van der Waals surface area contributed by atoms with Crippen LogP contribution in [0.1, 0.15) is 18.4 Å². The van der Waals surface area contributed by atoms with Crippen molar-refractivity contribution >= 4 is 41.1 Å². The minimum Gasteiger partial charge on any atom is -0.350 e. The van der Waals surface area contributed by atoms with Gasteiger partial charge >= 0.3 is 0 Å². The molecule has 0 spiro atoms. The van der Waals surface area contributed by atoms with E-state index in [9.17, 15) is 9.59 Å². The number of nitrogens with zero attached hydrogens (tertiary/aromatic N) is 3. The fourth-order valence-corrected chi connectivity index (χ4v) is 4.09. The highest BCUT2D eigenvalue weighted by atomic mass is 32.1.